The van der Waals surface area contributed by atoms with Crippen LogP contribution in [0.1, 0.15) is 36.5 Å². The van der Waals surface area contributed by atoms with Gasteiger partial charge in [-0.15, -0.1) is 0 Å². The van der Waals surface area contributed by atoms with Gasteiger partial charge in [0.1, 0.15) is 5.75 Å². The van der Waals surface area contributed by atoms with Crippen molar-refractivity contribution in [3.8, 4) is 5.75 Å². The monoisotopic (exact) mass is 221 g/mol. The van der Waals surface area contributed by atoms with E-state index in [1.165, 1.54) is 5.56 Å². The minimum absolute atomic E-state index is 0.446. The summed E-state index contributed by atoms with van der Waals surface area (Å²) in [5.74, 6) is 0.973. The molecule has 0 saturated heterocycles. The van der Waals surface area contributed by atoms with E-state index in [1.807, 2.05) is 12.1 Å². The quantitative estimate of drug-likeness (QED) is 0.818. The fraction of sp³-hybridized carbons (Fsp3) is 0.538. The molecule has 88 valence electrons. The highest BCUT2D eigenvalue weighted by Crippen LogP contribution is 2.28. The van der Waals surface area contributed by atoms with Crippen LogP contribution in [-0.2, 0) is 6.42 Å². The third-order valence-corrected chi connectivity index (χ3v) is 3.01. The van der Waals surface area contributed by atoms with Crippen LogP contribution in [0.2, 0.25) is 0 Å². The summed E-state index contributed by atoms with van der Waals surface area (Å²) in [6.45, 7) is 1.31. The van der Waals surface area contributed by atoms with Gasteiger partial charge >= 0.3 is 0 Å². The average molecular weight is 221 g/mol. The van der Waals surface area contributed by atoms with Gasteiger partial charge in [0.15, 0.2) is 0 Å². The summed E-state index contributed by atoms with van der Waals surface area (Å²) in [5, 5.41) is 9.87. The van der Waals surface area contributed by atoms with Gasteiger partial charge in [-0.3, -0.25) is 0 Å². The second-order valence-corrected chi connectivity index (χ2v) is 4.27. The first-order chi connectivity index (χ1) is 7.81. The number of rotatable bonds is 3. The number of nitrogens with two attached hydrogens (primary N) is 1. The second-order valence-electron chi connectivity index (χ2n) is 4.27. The Bertz CT molecular complexity index is 352. The number of fused-ring (bicyclic) bond motifs is 1. The van der Waals surface area contributed by atoms with Crippen molar-refractivity contribution in [1.29, 1.82) is 0 Å². The van der Waals surface area contributed by atoms with Crippen LogP contribution in [-0.4, -0.2) is 18.3 Å². The Balaban J connectivity index is 2.20. The molecule has 1 aromatic rings. The average Bonchev–Trinajstić information content (AvgIpc) is 2.53. The number of benzene rings is 1. The van der Waals surface area contributed by atoms with Crippen LogP contribution >= 0.6 is 0 Å². The van der Waals surface area contributed by atoms with Gasteiger partial charge in [-0.05, 0) is 55.5 Å². The molecule has 1 heterocycles. The number of aryl methyl sites for hydroxylation is 1. The lowest BCUT2D eigenvalue weighted by Crippen LogP contribution is -2.07. The smallest absolute Gasteiger partial charge is 0.122 e. The van der Waals surface area contributed by atoms with E-state index in [1.54, 1.807) is 0 Å². The van der Waals surface area contributed by atoms with Gasteiger partial charge in [0, 0.05) is 0 Å². The molecule has 3 nitrogen and oxygen atoms in total. The Kier molecular flexibility index (Phi) is 3.80. The molecule has 0 aromatic heterocycles. The lowest BCUT2D eigenvalue weighted by Gasteiger charge is -2.13. The van der Waals surface area contributed by atoms with Crippen LogP contribution in [0.4, 0.5) is 0 Å². The number of hydrogen-bond acceptors (Lipinski definition) is 3. The molecule has 1 atom stereocenters. The largest absolute Gasteiger partial charge is 0.493 e. The van der Waals surface area contributed by atoms with Crippen LogP contribution in [0.25, 0.3) is 0 Å². The first-order valence-electron chi connectivity index (χ1n) is 5.95. The Morgan fingerprint density at radius 3 is 3.06 bits per heavy atom. The Morgan fingerprint density at radius 2 is 2.25 bits per heavy atom. The summed E-state index contributed by atoms with van der Waals surface area (Å²) in [4.78, 5) is 0. The standard InChI is InChI=1S/C13H19NO2/c14-7-6-12(15)10-4-5-13-11(9-10)3-1-2-8-16-13/h4-5,9,12,15H,1-3,6-8,14H2. The van der Waals surface area contributed by atoms with Crippen molar-refractivity contribution in [3.63, 3.8) is 0 Å². The molecule has 1 aromatic carbocycles. The van der Waals surface area contributed by atoms with Gasteiger partial charge in [0.05, 0.1) is 12.7 Å². The summed E-state index contributed by atoms with van der Waals surface area (Å²) in [6.07, 6.45) is 3.47. The molecule has 0 saturated carbocycles. The lowest BCUT2D eigenvalue weighted by atomic mass is 10.0. The van der Waals surface area contributed by atoms with Crippen LogP contribution in [0.5, 0.6) is 5.75 Å². The normalized spacial score (nSPS) is 17.1. The van der Waals surface area contributed by atoms with Crippen molar-refractivity contribution in [2.75, 3.05) is 13.2 Å². The SMILES string of the molecule is NCCC(O)c1ccc2c(c1)CCCCO2. The van der Waals surface area contributed by atoms with Crippen molar-refractivity contribution in [2.24, 2.45) is 5.73 Å². The maximum absolute atomic E-state index is 9.87. The fourth-order valence-electron chi connectivity index (χ4n) is 2.07. The molecule has 1 aliphatic heterocycles. The second kappa shape index (κ2) is 5.32. The van der Waals surface area contributed by atoms with Gasteiger partial charge in [-0.25, -0.2) is 0 Å². The number of hydrogen-bond donors (Lipinski definition) is 2. The number of ether oxygens (including phenoxy) is 1. The van der Waals surface area contributed by atoms with Gasteiger partial charge in [-0.1, -0.05) is 6.07 Å². The van der Waals surface area contributed by atoms with Crippen LogP contribution in [0, 0.1) is 0 Å². The summed E-state index contributed by atoms with van der Waals surface area (Å²) in [7, 11) is 0. The molecule has 0 bridgehead atoms. The lowest BCUT2D eigenvalue weighted by molar-refractivity contribution is 0.170. The summed E-state index contributed by atoms with van der Waals surface area (Å²) < 4.78 is 5.64. The van der Waals surface area contributed by atoms with E-state index in [2.05, 4.69) is 6.07 Å². The molecule has 1 unspecified atom stereocenters. The number of aliphatic hydroxyl groups is 1. The van der Waals surface area contributed by atoms with Gasteiger partial charge in [0.2, 0.25) is 0 Å². The molecule has 0 fully saturated rings. The zero-order chi connectivity index (χ0) is 11.4. The third kappa shape index (κ3) is 2.54. The highest BCUT2D eigenvalue weighted by atomic mass is 16.5. The zero-order valence-corrected chi connectivity index (χ0v) is 9.48. The topological polar surface area (TPSA) is 55.5 Å². The van der Waals surface area contributed by atoms with Crippen LogP contribution in [0.3, 0.4) is 0 Å². The maximum atomic E-state index is 9.87. The molecule has 0 radical (unpaired) electrons. The highest BCUT2D eigenvalue weighted by molar-refractivity contribution is 5.38. The maximum Gasteiger partial charge on any atom is 0.122 e. The predicted octanol–water partition coefficient (Wildman–Crippen LogP) is 1.78. The fourth-order valence-corrected chi connectivity index (χ4v) is 2.07. The minimum Gasteiger partial charge on any atom is -0.493 e. The molecule has 2 rings (SSSR count). The Labute approximate surface area is 96.2 Å². The van der Waals surface area contributed by atoms with Gasteiger partial charge in [-0.2, -0.15) is 0 Å². The van der Waals surface area contributed by atoms with E-state index in [9.17, 15) is 5.11 Å². The summed E-state index contributed by atoms with van der Waals surface area (Å²) in [6, 6.07) is 5.96. The molecule has 0 aliphatic carbocycles. The molecule has 3 N–H and O–H groups in total. The molecule has 16 heavy (non-hydrogen) atoms. The zero-order valence-electron chi connectivity index (χ0n) is 9.48. The van der Waals surface area contributed by atoms with E-state index >= 15 is 0 Å². The Hall–Kier alpha value is -1.06. The van der Waals surface area contributed by atoms with E-state index in [4.69, 9.17) is 10.5 Å². The number of aliphatic hydroxyl groups excluding tert-OH is 1. The van der Waals surface area contributed by atoms with Crippen molar-refractivity contribution in [1.82, 2.24) is 0 Å². The minimum atomic E-state index is -0.446. The van der Waals surface area contributed by atoms with Gasteiger partial charge in [0.25, 0.3) is 0 Å². The van der Waals surface area contributed by atoms with Gasteiger partial charge < -0.3 is 15.6 Å². The first-order valence-corrected chi connectivity index (χ1v) is 5.95. The summed E-state index contributed by atoms with van der Waals surface area (Å²) in [5.41, 5.74) is 7.61. The summed E-state index contributed by atoms with van der Waals surface area (Å²) >= 11 is 0. The molecule has 0 amide bonds. The molecular formula is C13H19NO2. The Morgan fingerprint density at radius 1 is 1.38 bits per heavy atom. The van der Waals surface area contributed by atoms with E-state index in [-0.39, 0.29) is 0 Å². The first kappa shape index (κ1) is 11.4. The van der Waals surface area contributed by atoms with Crippen molar-refractivity contribution >= 4 is 0 Å². The predicted molar refractivity (Wildman–Crippen MR) is 63.5 cm³/mol. The van der Waals surface area contributed by atoms with Crippen LogP contribution < -0.4 is 10.5 Å². The van der Waals surface area contributed by atoms with E-state index in [0.29, 0.717) is 13.0 Å². The molecule has 3 heteroatoms. The molecular weight excluding hydrogens is 202 g/mol. The third-order valence-electron chi connectivity index (χ3n) is 3.01. The van der Waals surface area contributed by atoms with Crippen molar-refractivity contribution < 1.29 is 9.84 Å². The van der Waals surface area contributed by atoms with E-state index < -0.39 is 6.10 Å². The molecule has 1 aliphatic rings. The van der Waals surface area contributed by atoms with Crippen molar-refractivity contribution in [3.05, 3.63) is 29.3 Å². The van der Waals surface area contributed by atoms with Crippen molar-refractivity contribution in [2.45, 2.75) is 31.8 Å². The molecule has 0 spiro atoms. The van der Waals surface area contributed by atoms with Crippen LogP contribution in [0.15, 0.2) is 18.2 Å². The highest BCUT2D eigenvalue weighted by Gasteiger charge is 2.12. The van der Waals surface area contributed by atoms with E-state index in [0.717, 1.165) is 37.2 Å².